The molecule has 0 atom stereocenters. The van der Waals surface area contributed by atoms with Crippen molar-refractivity contribution in [1.82, 2.24) is 5.32 Å². The summed E-state index contributed by atoms with van der Waals surface area (Å²) in [5.74, 6) is -1.73. The summed E-state index contributed by atoms with van der Waals surface area (Å²) in [5.41, 5.74) is 4.42. The van der Waals surface area contributed by atoms with Gasteiger partial charge >= 0.3 is 5.97 Å². The summed E-state index contributed by atoms with van der Waals surface area (Å²) in [6.45, 7) is 2.48. The molecular weight excluding hydrogens is 172 g/mol. The zero-order chi connectivity index (χ0) is 10.1. The number of primary amides is 1. The Labute approximate surface area is 76.3 Å². The van der Waals surface area contributed by atoms with Crippen LogP contribution >= 0.6 is 0 Å². The van der Waals surface area contributed by atoms with Gasteiger partial charge in [-0.15, -0.1) is 0 Å². The molecular formula is C8H14N2O3. The Kier molecular flexibility index (Phi) is 2.56. The van der Waals surface area contributed by atoms with Crippen LogP contribution < -0.4 is 11.1 Å². The molecule has 0 aromatic rings. The van der Waals surface area contributed by atoms with Crippen LogP contribution in [0.5, 0.6) is 0 Å². The molecule has 0 saturated heterocycles. The van der Waals surface area contributed by atoms with Gasteiger partial charge in [-0.3, -0.25) is 9.59 Å². The molecule has 0 unspecified atom stereocenters. The summed E-state index contributed by atoms with van der Waals surface area (Å²) < 4.78 is 0. The van der Waals surface area contributed by atoms with Crippen LogP contribution in [0.1, 0.15) is 19.8 Å². The number of carboxylic acid groups (broad SMARTS) is 1. The van der Waals surface area contributed by atoms with Crippen molar-refractivity contribution < 1.29 is 14.7 Å². The van der Waals surface area contributed by atoms with E-state index in [0.29, 0.717) is 19.4 Å². The maximum atomic E-state index is 11.0. The highest BCUT2D eigenvalue weighted by Crippen LogP contribution is 2.37. The molecule has 0 bridgehead atoms. The number of hydrogen-bond acceptors (Lipinski definition) is 3. The minimum Gasteiger partial charge on any atom is -0.481 e. The number of carbonyl (C=O) groups excluding carboxylic acids is 1. The second-order valence-electron chi connectivity index (χ2n) is 3.42. The fourth-order valence-electron chi connectivity index (χ4n) is 1.73. The average Bonchev–Trinajstić information content (AvgIpc) is 1.94. The zero-order valence-electron chi connectivity index (χ0n) is 7.54. The first-order valence-corrected chi connectivity index (χ1v) is 4.29. The molecule has 1 aliphatic carbocycles. The molecule has 4 N–H and O–H groups in total. The van der Waals surface area contributed by atoms with E-state index in [2.05, 4.69) is 5.32 Å². The fourth-order valence-corrected chi connectivity index (χ4v) is 1.73. The van der Waals surface area contributed by atoms with E-state index in [-0.39, 0.29) is 0 Å². The SMILES string of the molecule is CCNC1(C(N)=O)CC(C(=O)O)C1. The minimum absolute atomic E-state index is 0.311. The lowest BCUT2D eigenvalue weighted by atomic mass is 9.67. The molecule has 1 saturated carbocycles. The highest BCUT2D eigenvalue weighted by atomic mass is 16.4. The monoisotopic (exact) mass is 186 g/mol. The van der Waals surface area contributed by atoms with Crippen LogP contribution in [-0.2, 0) is 9.59 Å². The summed E-state index contributed by atoms with van der Waals surface area (Å²) in [5, 5.41) is 11.6. The summed E-state index contributed by atoms with van der Waals surface area (Å²) in [6.07, 6.45) is 0.622. The van der Waals surface area contributed by atoms with Gasteiger partial charge in [-0.05, 0) is 19.4 Å². The highest BCUT2D eigenvalue weighted by Gasteiger charge is 2.51. The van der Waals surface area contributed by atoms with E-state index in [1.165, 1.54) is 0 Å². The Morgan fingerprint density at radius 1 is 1.62 bits per heavy atom. The topological polar surface area (TPSA) is 92.4 Å². The number of likely N-dealkylation sites (N-methyl/N-ethyl adjacent to an activating group) is 1. The van der Waals surface area contributed by atoms with Crippen LogP contribution in [0.3, 0.4) is 0 Å². The first-order valence-electron chi connectivity index (χ1n) is 4.29. The van der Waals surface area contributed by atoms with Crippen LogP contribution in [0.15, 0.2) is 0 Å². The molecule has 0 aromatic carbocycles. The van der Waals surface area contributed by atoms with Crippen molar-refractivity contribution in [1.29, 1.82) is 0 Å². The summed E-state index contributed by atoms with van der Waals surface area (Å²) in [6, 6.07) is 0. The third-order valence-electron chi connectivity index (χ3n) is 2.53. The average molecular weight is 186 g/mol. The second kappa shape index (κ2) is 3.33. The third kappa shape index (κ3) is 1.65. The number of amides is 1. The summed E-state index contributed by atoms with van der Waals surface area (Å²) in [7, 11) is 0. The largest absolute Gasteiger partial charge is 0.481 e. The van der Waals surface area contributed by atoms with E-state index in [4.69, 9.17) is 10.8 Å². The maximum Gasteiger partial charge on any atom is 0.306 e. The Morgan fingerprint density at radius 2 is 2.15 bits per heavy atom. The summed E-state index contributed by atoms with van der Waals surface area (Å²) in [4.78, 5) is 21.5. The molecule has 13 heavy (non-hydrogen) atoms. The van der Waals surface area contributed by atoms with E-state index in [1.807, 2.05) is 6.92 Å². The van der Waals surface area contributed by atoms with Crippen molar-refractivity contribution >= 4 is 11.9 Å². The van der Waals surface area contributed by atoms with E-state index >= 15 is 0 Å². The number of carboxylic acids is 1. The van der Waals surface area contributed by atoms with Gasteiger partial charge in [-0.1, -0.05) is 6.92 Å². The van der Waals surface area contributed by atoms with Crippen molar-refractivity contribution in [2.75, 3.05) is 6.54 Å². The van der Waals surface area contributed by atoms with Gasteiger partial charge in [0.1, 0.15) is 0 Å². The Hall–Kier alpha value is -1.10. The molecule has 0 aliphatic heterocycles. The zero-order valence-corrected chi connectivity index (χ0v) is 7.54. The maximum absolute atomic E-state index is 11.0. The number of aliphatic carboxylic acids is 1. The van der Waals surface area contributed by atoms with Gasteiger partial charge < -0.3 is 16.2 Å². The lowest BCUT2D eigenvalue weighted by molar-refractivity contribution is -0.150. The van der Waals surface area contributed by atoms with E-state index in [9.17, 15) is 9.59 Å². The van der Waals surface area contributed by atoms with E-state index in [1.54, 1.807) is 0 Å². The minimum atomic E-state index is -0.852. The molecule has 5 heteroatoms. The molecule has 1 rings (SSSR count). The van der Waals surface area contributed by atoms with Gasteiger partial charge in [0.15, 0.2) is 0 Å². The van der Waals surface area contributed by atoms with Crippen LogP contribution in [0, 0.1) is 5.92 Å². The smallest absolute Gasteiger partial charge is 0.306 e. The Bertz CT molecular complexity index is 234. The third-order valence-corrected chi connectivity index (χ3v) is 2.53. The molecule has 0 radical (unpaired) electrons. The van der Waals surface area contributed by atoms with Crippen LogP contribution in [0.25, 0.3) is 0 Å². The van der Waals surface area contributed by atoms with Crippen molar-refractivity contribution in [3.63, 3.8) is 0 Å². The molecule has 0 heterocycles. The van der Waals surface area contributed by atoms with Crippen molar-refractivity contribution in [2.24, 2.45) is 11.7 Å². The normalized spacial score (nSPS) is 32.2. The van der Waals surface area contributed by atoms with Gasteiger partial charge in [0.2, 0.25) is 5.91 Å². The van der Waals surface area contributed by atoms with Crippen molar-refractivity contribution in [3.05, 3.63) is 0 Å². The van der Waals surface area contributed by atoms with Gasteiger partial charge in [-0.2, -0.15) is 0 Å². The molecule has 1 aliphatic rings. The number of nitrogens with one attached hydrogen (secondary N) is 1. The fraction of sp³-hybridized carbons (Fsp3) is 0.750. The van der Waals surface area contributed by atoms with Gasteiger partial charge in [0.25, 0.3) is 0 Å². The van der Waals surface area contributed by atoms with Crippen LogP contribution in [0.4, 0.5) is 0 Å². The van der Waals surface area contributed by atoms with Gasteiger partial charge in [0.05, 0.1) is 11.5 Å². The quantitative estimate of drug-likeness (QED) is 0.542. The number of carbonyl (C=O) groups is 2. The number of rotatable bonds is 4. The van der Waals surface area contributed by atoms with Crippen LogP contribution in [0.2, 0.25) is 0 Å². The standard InChI is InChI=1S/C8H14N2O3/c1-2-10-8(7(9)13)3-5(4-8)6(11)12/h5,10H,2-4H2,1H3,(H2,9,13)(H,11,12). The van der Waals surface area contributed by atoms with E-state index < -0.39 is 23.3 Å². The number of hydrogen-bond donors (Lipinski definition) is 3. The molecule has 0 aromatic heterocycles. The summed E-state index contributed by atoms with van der Waals surface area (Å²) >= 11 is 0. The number of nitrogens with two attached hydrogens (primary N) is 1. The van der Waals surface area contributed by atoms with Gasteiger partial charge in [-0.25, -0.2) is 0 Å². The Morgan fingerprint density at radius 3 is 2.46 bits per heavy atom. The molecule has 5 nitrogen and oxygen atoms in total. The first kappa shape index (κ1) is 9.98. The molecule has 74 valence electrons. The highest BCUT2D eigenvalue weighted by molar-refractivity contribution is 5.88. The second-order valence-corrected chi connectivity index (χ2v) is 3.42. The lowest BCUT2D eigenvalue weighted by Gasteiger charge is -2.43. The molecule has 1 fully saturated rings. The molecule has 1 amide bonds. The van der Waals surface area contributed by atoms with Gasteiger partial charge in [0, 0.05) is 0 Å². The van der Waals surface area contributed by atoms with E-state index in [0.717, 1.165) is 0 Å². The lowest BCUT2D eigenvalue weighted by Crippen LogP contribution is -2.64. The predicted molar refractivity (Wildman–Crippen MR) is 46.0 cm³/mol. The van der Waals surface area contributed by atoms with Crippen LogP contribution in [-0.4, -0.2) is 29.1 Å². The Balaban J connectivity index is 2.58. The predicted octanol–water partition coefficient (Wildman–Crippen LogP) is -0.685. The van der Waals surface area contributed by atoms with Crippen molar-refractivity contribution in [3.8, 4) is 0 Å². The first-order chi connectivity index (χ1) is 6.02. The molecule has 0 spiro atoms. The van der Waals surface area contributed by atoms with Crippen molar-refractivity contribution in [2.45, 2.75) is 25.3 Å².